The molecule has 0 bridgehead atoms. The molecule has 1 fully saturated rings. The zero-order chi connectivity index (χ0) is 15.0. The Hall–Kier alpha value is -1.12. The van der Waals surface area contributed by atoms with E-state index in [0.717, 1.165) is 0 Å². The molecule has 1 aliphatic heterocycles. The first kappa shape index (κ1) is 15.3. The van der Waals surface area contributed by atoms with Crippen molar-refractivity contribution in [2.24, 2.45) is 0 Å². The van der Waals surface area contributed by atoms with E-state index >= 15 is 0 Å². The van der Waals surface area contributed by atoms with Crippen molar-refractivity contribution in [3.8, 4) is 5.75 Å². The molecule has 1 saturated heterocycles. The summed E-state index contributed by atoms with van der Waals surface area (Å²) in [7, 11) is -1.81. The topological polar surface area (TPSA) is 47.6 Å². The van der Waals surface area contributed by atoms with Crippen molar-refractivity contribution in [3.63, 3.8) is 0 Å². The molecule has 1 N–H and O–H groups in total. The highest BCUT2D eigenvalue weighted by Crippen LogP contribution is 2.30. The molecule has 1 aromatic carbocycles. The van der Waals surface area contributed by atoms with Gasteiger partial charge in [0.25, 0.3) is 0 Å². The maximum atomic E-state index is 12.4. The van der Waals surface area contributed by atoms with Gasteiger partial charge in [0, 0.05) is 0 Å². The van der Waals surface area contributed by atoms with Gasteiger partial charge in [0.15, 0.2) is 0 Å². The molecule has 1 aromatic rings. The molecule has 8 heteroatoms. The summed E-state index contributed by atoms with van der Waals surface area (Å²) in [5.41, 5.74) is 0.0915. The monoisotopic (exact) mass is 309 g/mol. The van der Waals surface area contributed by atoms with E-state index in [1.165, 1.54) is 12.1 Å². The van der Waals surface area contributed by atoms with E-state index < -0.39 is 28.6 Å². The van der Waals surface area contributed by atoms with Gasteiger partial charge in [-0.2, -0.15) is 0 Å². The number of ether oxygens (including phenoxy) is 2. The van der Waals surface area contributed by atoms with Gasteiger partial charge >= 0.3 is 6.36 Å². The summed E-state index contributed by atoms with van der Waals surface area (Å²) >= 11 is 0. The highest BCUT2D eigenvalue weighted by Gasteiger charge is 2.37. The normalized spacial score (nSPS) is 19.2. The molecule has 0 aliphatic carbocycles. The number of hydrogen-bond donors (Lipinski definition) is 1. The third kappa shape index (κ3) is 3.71. The third-order valence-corrected chi connectivity index (χ3v) is 4.12. The fraction of sp³-hybridized carbons (Fsp3) is 0.500. The first-order chi connectivity index (χ1) is 9.19. The van der Waals surface area contributed by atoms with Gasteiger partial charge in [-0.25, -0.2) is 8.93 Å². The largest absolute Gasteiger partial charge is 0.573 e. The SMILES string of the molecule is Cc1ccc(S(=O)NC2(C)COC2)c(OC(F)(F)F)c1. The molecule has 0 radical (unpaired) electrons. The number of benzene rings is 1. The molecule has 1 unspecified atom stereocenters. The Bertz CT molecular complexity index is 529. The Morgan fingerprint density at radius 2 is 2.05 bits per heavy atom. The van der Waals surface area contributed by atoms with Crippen LogP contribution in [-0.4, -0.2) is 29.3 Å². The summed E-state index contributed by atoms with van der Waals surface area (Å²) in [6.07, 6.45) is -4.82. The quantitative estimate of drug-likeness (QED) is 0.928. The number of aryl methyl sites for hydroxylation is 1. The number of nitrogens with one attached hydrogen (secondary N) is 1. The lowest BCUT2D eigenvalue weighted by molar-refractivity contribution is -0.275. The van der Waals surface area contributed by atoms with Crippen LogP contribution in [0.2, 0.25) is 0 Å². The van der Waals surface area contributed by atoms with Crippen molar-refractivity contribution < 1.29 is 26.9 Å². The van der Waals surface area contributed by atoms with Crippen LogP contribution in [0.1, 0.15) is 12.5 Å². The Morgan fingerprint density at radius 1 is 1.40 bits per heavy atom. The number of halogens is 3. The first-order valence-electron chi connectivity index (χ1n) is 5.82. The summed E-state index contributed by atoms with van der Waals surface area (Å²) in [5, 5.41) is 0. The fourth-order valence-electron chi connectivity index (χ4n) is 1.72. The van der Waals surface area contributed by atoms with Gasteiger partial charge in [0.1, 0.15) is 16.7 Å². The summed E-state index contributed by atoms with van der Waals surface area (Å²) < 4.78 is 61.0. The van der Waals surface area contributed by atoms with Crippen molar-refractivity contribution in [2.45, 2.75) is 30.6 Å². The molecule has 4 nitrogen and oxygen atoms in total. The summed E-state index contributed by atoms with van der Waals surface area (Å²) in [4.78, 5) is -0.0407. The van der Waals surface area contributed by atoms with Crippen LogP contribution in [0.5, 0.6) is 5.75 Å². The fourth-order valence-corrected chi connectivity index (χ4v) is 2.87. The lowest BCUT2D eigenvalue weighted by Crippen LogP contribution is -2.58. The molecule has 1 heterocycles. The average Bonchev–Trinajstić information content (AvgIpc) is 2.24. The average molecular weight is 309 g/mol. The Balaban J connectivity index is 2.23. The van der Waals surface area contributed by atoms with Crippen LogP contribution in [0.3, 0.4) is 0 Å². The molecule has 1 aliphatic rings. The van der Waals surface area contributed by atoms with Gasteiger partial charge in [-0.15, -0.1) is 13.2 Å². The molecule has 112 valence electrons. The lowest BCUT2D eigenvalue weighted by atomic mass is 10.0. The van der Waals surface area contributed by atoms with Crippen LogP contribution in [0.15, 0.2) is 23.1 Å². The minimum Gasteiger partial charge on any atom is -0.404 e. The predicted molar refractivity (Wildman–Crippen MR) is 66.6 cm³/mol. The molecule has 0 aromatic heterocycles. The molecule has 20 heavy (non-hydrogen) atoms. The summed E-state index contributed by atoms with van der Waals surface area (Å²) in [5.74, 6) is -0.452. The molecule has 1 atom stereocenters. The minimum absolute atomic E-state index is 0.0407. The summed E-state index contributed by atoms with van der Waals surface area (Å²) in [6.45, 7) is 4.14. The smallest absolute Gasteiger partial charge is 0.404 e. The van der Waals surface area contributed by atoms with Crippen molar-refractivity contribution in [1.29, 1.82) is 0 Å². The van der Waals surface area contributed by atoms with Gasteiger partial charge in [-0.1, -0.05) is 6.07 Å². The van der Waals surface area contributed by atoms with Crippen LogP contribution in [-0.2, 0) is 15.7 Å². The van der Waals surface area contributed by atoms with Crippen LogP contribution < -0.4 is 9.46 Å². The van der Waals surface area contributed by atoms with Crippen molar-refractivity contribution in [3.05, 3.63) is 23.8 Å². The molecule has 0 spiro atoms. The lowest BCUT2D eigenvalue weighted by Gasteiger charge is -2.38. The van der Waals surface area contributed by atoms with E-state index in [-0.39, 0.29) is 4.90 Å². The summed E-state index contributed by atoms with van der Waals surface area (Å²) in [6, 6.07) is 4.15. The zero-order valence-electron chi connectivity index (χ0n) is 10.9. The van der Waals surface area contributed by atoms with E-state index in [1.807, 2.05) is 0 Å². The maximum absolute atomic E-state index is 12.4. The van der Waals surface area contributed by atoms with E-state index in [0.29, 0.717) is 18.8 Å². The Labute approximate surface area is 116 Å². The van der Waals surface area contributed by atoms with E-state index in [2.05, 4.69) is 9.46 Å². The second kappa shape index (κ2) is 5.34. The van der Waals surface area contributed by atoms with Gasteiger partial charge in [0.05, 0.1) is 23.6 Å². The third-order valence-electron chi connectivity index (χ3n) is 2.70. The van der Waals surface area contributed by atoms with Crippen molar-refractivity contribution in [2.75, 3.05) is 13.2 Å². The van der Waals surface area contributed by atoms with E-state index in [9.17, 15) is 17.4 Å². The minimum atomic E-state index is -4.82. The second-order valence-corrected chi connectivity index (χ2v) is 6.10. The Morgan fingerprint density at radius 3 is 2.55 bits per heavy atom. The van der Waals surface area contributed by atoms with Crippen LogP contribution >= 0.6 is 0 Å². The first-order valence-corrected chi connectivity index (χ1v) is 6.97. The van der Waals surface area contributed by atoms with Crippen LogP contribution in [0.4, 0.5) is 13.2 Å². The number of hydrogen-bond acceptors (Lipinski definition) is 3. The van der Waals surface area contributed by atoms with Crippen molar-refractivity contribution in [1.82, 2.24) is 4.72 Å². The van der Waals surface area contributed by atoms with Gasteiger partial charge < -0.3 is 9.47 Å². The van der Waals surface area contributed by atoms with Gasteiger partial charge in [0.2, 0.25) is 0 Å². The number of rotatable bonds is 4. The van der Waals surface area contributed by atoms with Gasteiger partial charge in [-0.3, -0.25) is 0 Å². The highest BCUT2D eigenvalue weighted by atomic mass is 32.2. The molecule has 2 rings (SSSR count). The van der Waals surface area contributed by atoms with E-state index in [1.54, 1.807) is 19.9 Å². The molecule has 0 amide bonds. The van der Waals surface area contributed by atoms with Crippen LogP contribution in [0, 0.1) is 6.92 Å². The molecular weight excluding hydrogens is 295 g/mol. The zero-order valence-corrected chi connectivity index (χ0v) is 11.7. The van der Waals surface area contributed by atoms with Crippen molar-refractivity contribution >= 4 is 11.0 Å². The van der Waals surface area contributed by atoms with Crippen LogP contribution in [0.25, 0.3) is 0 Å². The molecule has 0 saturated carbocycles. The number of alkyl halides is 3. The van der Waals surface area contributed by atoms with Gasteiger partial charge in [-0.05, 0) is 31.5 Å². The second-order valence-electron chi connectivity index (χ2n) is 4.92. The standard InChI is InChI=1S/C12H14F3NO3S/c1-8-3-4-10(9(5-8)19-12(13,14)15)20(17)16-11(2)6-18-7-11/h3-5,16H,6-7H2,1-2H3. The maximum Gasteiger partial charge on any atom is 0.573 e. The highest BCUT2D eigenvalue weighted by molar-refractivity contribution is 7.83. The van der Waals surface area contributed by atoms with E-state index in [4.69, 9.17) is 4.74 Å². The predicted octanol–water partition coefficient (Wildman–Crippen LogP) is 2.29. The Kier molecular flexibility index (Phi) is 4.08. The molecular formula is C12H14F3NO3S.